The van der Waals surface area contributed by atoms with Crippen LogP contribution in [0.25, 0.3) is 5.69 Å². The highest BCUT2D eigenvalue weighted by molar-refractivity contribution is 5.99. The molecule has 2 bridgehead atoms. The average molecular weight is 520 g/mol. The molecule has 0 saturated carbocycles. The van der Waals surface area contributed by atoms with Gasteiger partial charge in [-0.25, -0.2) is 9.48 Å². The van der Waals surface area contributed by atoms with Crippen molar-refractivity contribution in [3.63, 3.8) is 0 Å². The Bertz CT molecular complexity index is 1280. The quantitative estimate of drug-likeness (QED) is 0.342. The van der Waals surface area contributed by atoms with Gasteiger partial charge in [-0.05, 0) is 37.0 Å². The second-order valence-corrected chi connectivity index (χ2v) is 8.68. The molecule has 12 heteroatoms. The number of carbonyl (C=O) groups is 4. The highest BCUT2D eigenvalue weighted by atomic mass is 16.5. The third-order valence-corrected chi connectivity index (χ3v) is 5.84. The molecule has 3 aromatic rings. The molecule has 12 nitrogen and oxygen atoms in total. The van der Waals surface area contributed by atoms with Gasteiger partial charge in [-0.3, -0.25) is 14.4 Å². The number of amides is 4. The van der Waals surface area contributed by atoms with Crippen LogP contribution in [0.5, 0.6) is 0 Å². The Morgan fingerprint density at radius 2 is 1.79 bits per heavy atom. The molecule has 38 heavy (non-hydrogen) atoms. The summed E-state index contributed by atoms with van der Waals surface area (Å²) >= 11 is 0. The molecule has 1 aliphatic rings. The van der Waals surface area contributed by atoms with Crippen molar-refractivity contribution in [1.29, 1.82) is 0 Å². The molecular weight excluding hydrogens is 490 g/mol. The van der Waals surface area contributed by atoms with Crippen molar-refractivity contribution in [3.05, 3.63) is 77.6 Å². The highest BCUT2D eigenvalue weighted by Crippen LogP contribution is 2.14. The normalized spacial score (nSPS) is 15.8. The Hall–Kier alpha value is -4.74. The second kappa shape index (κ2) is 13.0. The smallest absolute Gasteiger partial charge is 0.407 e. The predicted octanol–water partition coefficient (Wildman–Crippen LogP) is 1.21. The van der Waals surface area contributed by atoms with E-state index in [4.69, 9.17) is 4.74 Å². The zero-order valence-electron chi connectivity index (χ0n) is 20.7. The third kappa shape index (κ3) is 7.38. The fraction of sp³-hybridized carbons (Fsp3) is 0.308. The SMILES string of the molecule is O=C1CNC(=O)c2ccccc2-n2cc(nn2)CNC(=O)[C@H](CCCCNC(=O)OCc2ccccc2)N1. The van der Waals surface area contributed by atoms with Gasteiger partial charge >= 0.3 is 6.09 Å². The molecule has 2 aromatic carbocycles. The maximum atomic E-state index is 12.8. The monoisotopic (exact) mass is 519 g/mol. The van der Waals surface area contributed by atoms with Gasteiger partial charge in [0, 0.05) is 6.54 Å². The van der Waals surface area contributed by atoms with E-state index in [0.29, 0.717) is 42.8 Å². The van der Waals surface area contributed by atoms with E-state index in [0.717, 1.165) is 5.56 Å². The van der Waals surface area contributed by atoms with Crippen LogP contribution in [0.1, 0.15) is 40.9 Å². The van der Waals surface area contributed by atoms with Crippen molar-refractivity contribution in [1.82, 2.24) is 36.3 Å². The standard InChI is InChI=1S/C26H29N7O5/c34-23-15-29-24(35)20-10-4-5-12-22(20)33-16-19(31-32-33)14-28-25(36)21(30-23)11-6-7-13-27-26(37)38-17-18-8-2-1-3-9-18/h1-5,8-10,12,16,21H,6-7,11,13-15,17H2,(H,27,37)(H,28,36)(H,29,35)(H,30,34)/t21-/m0/s1. The summed E-state index contributed by atoms with van der Waals surface area (Å²) in [6.07, 6.45) is 2.56. The van der Waals surface area contributed by atoms with Crippen LogP contribution >= 0.6 is 0 Å². The topological polar surface area (TPSA) is 156 Å². The molecule has 1 aromatic heterocycles. The number of benzene rings is 2. The minimum atomic E-state index is -0.824. The van der Waals surface area contributed by atoms with E-state index in [1.807, 2.05) is 30.3 Å². The number of alkyl carbamates (subject to hydrolysis) is 1. The third-order valence-electron chi connectivity index (χ3n) is 5.84. The average Bonchev–Trinajstić information content (AvgIpc) is 3.41. The minimum absolute atomic E-state index is 0.106. The van der Waals surface area contributed by atoms with Gasteiger partial charge in [0.25, 0.3) is 5.91 Å². The summed E-state index contributed by atoms with van der Waals surface area (Å²) in [6, 6.07) is 15.4. The largest absolute Gasteiger partial charge is 0.445 e. The Balaban J connectivity index is 1.29. The Kier molecular flexibility index (Phi) is 9.00. The molecule has 4 rings (SSSR count). The lowest BCUT2D eigenvalue weighted by atomic mass is 10.1. The number of para-hydroxylation sites is 1. The number of hydrogen-bond donors (Lipinski definition) is 4. The van der Waals surface area contributed by atoms with Gasteiger partial charge in [0.2, 0.25) is 11.8 Å². The van der Waals surface area contributed by atoms with Crippen molar-refractivity contribution in [3.8, 4) is 5.69 Å². The molecule has 0 fully saturated rings. The lowest BCUT2D eigenvalue weighted by molar-refractivity contribution is -0.128. The Labute approximate surface area is 219 Å². The van der Waals surface area contributed by atoms with Crippen molar-refractivity contribution in [2.24, 2.45) is 0 Å². The van der Waals surface area contributed by atoms with E-state index < -0.39 is 23.9 Å². The van der Waals surface area contributed by atoms with Crippen LogP contribution in [-0.2, 0) is 27.5 Å². The van der Waals surface area contributed by atoms with Crippen LogP contribution in [0, 0.1) is 0 Å². The van der Waals surface area contributed by atoms with Gasteiger partial charge in [0.15, 0.2) is 0 Å². The van der Waals surface area contributed by atoms with Crippen LogP contribution in [0.15, 0.2) is 60.8 Å². The predicted molar refractivity (Wildman–Crippen MR) is 136 cm³/mol. The van der Waals surface area contributed by atoms with Gasteiger partial charge in [-0.1, -0.05) is 47.7 Å². The van der Waals surface area contributed by atoms with Crippen LogP contribution in [0.2, 0.25) is 0 Å². The van der Waals surface area contributed by atoms with Crippen molar-refractivity contribution < 1.29 is 23.9 Å². The number of hydrogen-bond acceptors (Lipinski definition) is 7. The lowest BCUT2D eigenvalue weighted by Crippen LogP contribution is -2.49. The van der Waals surface area contributed by atoms with E-state index in [-0.39, 0.29) is 25.6 Å². The molecule has 4 N–H and O–H groups in total. The molecule has 0 saturated heterocycles. The number of nitrogens with zero attached hydrogens (tertiary/aromatic N) is 3. The van der Waals surface area contributed by atoms with Crippen LogP contribution in [0.3, 0.4) is 0 Å². The van der Waals surface area contributed by atoms with Crippen LogP contribution in [0.4, 0.5) is 4.79 Å². The summed E-state index contributed by atoms with van der Waals surface area (Å²) in [6.45, 7) is 0.341. The number of nitrogens with one attached hydrogen (secondary N) is 4. The first-order valence-corrected chi connectivity index (χ1v) is 12.3. The summed E-state index contributed by atoms with van der Waals surface area (Å²) in [4.78, 5) is 50.0. The molecule has 0 radical (unpaired) electrons. The van der Waals surface area contributed by atoms with Gasteiger partial charge in [0.1, 0.15) is 18.3 Å². The van der Waals surface area contributed by atoms with Gasteiger partial charge in [0.05, 0.1) is 30.5 Å². The summed E-state index contributed by atoms with van der Waals surface area (Å²) < 4.78 is 6.63. The summed E-state index contributed by atoms with van der Waals surface area (Å²) in [7, 11) is 0. The molecule has 4 amide bonds. The maximum absolute atomic E-state index is 12.8. The number of rotatable bonds is 7. The van der Waals surface area contributed by atoms with Crippen molar-refractivity contribution >= 4 is 23.8 Å². The minimum Gasteiger partial charge on any atom is -0.445 e. The van der Waals surface area contributed by atoms with E-state index in [1.54, 1.807) is 30.5 Å². The second-order valence-electron chi connectivity index (χ2n) is 8.68. The van der Waals surface area contributed by atoms with E-state index >= 15 is 0 Å². The summed E-state index contributed by atoms with van der Waals surface area (Å²) in [5, 5.41) is 18.9. The zero-order valence-corrected chi connectivity index (χ0v) is 20.7. The number of ether oxygens (including phenoxy) is 1. The molecule has 0 unspecified atom stereocenters. The molecular formula is C26H29N7O5. The first-order valence-electron chi connectivity index (χ1n) is 12.3. The number of carbonyl (C=O) groups excluding carboxylic acids is 4. The highest BCUT2D eigenvalue weighted by Gasteiger charge is 2.22. The summed E-state index contributed by atoms with van der Waals surface area (Å²) in [5.74, 6) is -1.32. The zero-order chi connectivity index (χ0) is 26.7. The van der Waals surface area contributed by atoms with Crippen LogP contribution < -0.4 is 21.3 Å². The molecule has 2 heterocycles. The maximum Gasteiger partial charge on any atom is 0.407 e. The number of fused-ring (bicyclic) bond motifs is 4. The fourth-order valence-corrected chi connectivity index (χ4v) is 3.87. The molecule has 0 aliphatic carbocycles. The van der Waals surface area contributed by atoms with Crippen molar-refractivity contribution in [2.75, 3.05) is 13.1 Å². The van der Waals surface area contributed by atoms with E-state index in [1.165, 1.54) is 4.68 Å². The first kappa shape index (κ1) is 26.3. The molecule has 1 aliphatic heterocycles. The molecule has 0 spiro atoms. The van der Waals surface area contributed by atoms with Crippen LogP contribution in [-0.4, -0.2) is 57.9 Å². The van der Waals surface area contributed by atoms with Gasteiger partial charge in [-0.2, -0.15) is 0 Å². The van der Waals surface area contributed by atoms with Gasteiger partial charge < -0.3 is 26.0 Å². The summed E-state index contributed by atoms with van der Waals surface area (Å²) in [5.41, 5.74) is 2.22. The van der Waals surface area contributed by atoms with E-state index in [2.05, 4.69) is 31.6 Å². The first-order chi connectivity index (χ1) is 18.5. The Morgan fingerprint density at radius 1 is 1.00 bits per heavy atom. The lowest BCUT2D eigenvalue weighted by Gasteiger charge is -2.19. The molecule has 1 atom stereocenters. The van der Waals surface area contributed by atoms with E-state index in [9.17, 15) is 19.2 Å². The fourth-order valence-electron chi connectivity index (χ4n) is 3.87. The van der Waals surface area contributed by atoms with Gasteiger partial charge in [-0.15, -0.1) is 5.10 Å². The molecule has 198 valence electrons. The number of unbranched alkanes of at least 4 members (excludes halogenated alkanes) is 1. The van der Waals surface area contributed by atoms with Crippen molar-refractivity contribution in [2.45, 2.75) is 38.5 Å². The number of aromatic nitrogens is 3. The Morgan fingerprint density at radius 3 is 2.63 bits per heavy atom.